The van der Waals surface area contributed by atoms with Gasteiger partial charge in [0.15, 0.2) is 0 Å². The first-order valence-corrected chi connectivity index (χ1v) is 4.86. The third-order valence-corrected chi connectivity index (χ3v) is 2.56. The topological polar surface area (TPSA) is 49.9 Å². The number of nitrogens with one attached hydrogen (secondary N) is 1. The molecule has 2 rings (SSSR count). The summed E-state index contributed by atoms with van der Waals surface area (Å²) in [7, 11) is 0. The molecule has 0 bridgehead atoms. The molecule has 1 aromatic heterocycles. The van der Waals surface area contributed by atoms with E-state index in [-0.39, 0.29) is 5.56 Å². The number of benzene rings is 1. The van der Waals surface area contributed by atoms with E-state index in [1.165, 1.54) is 6.20 Å². The quantitative estimate of drug-likeness (QED) is 0.500. The minimum atomic E-state index is -1.02. The highest BCUT2D eigenvalue weighted by Crippen LogP contribution is 2.27. The third-order valence-electron chi connectivity index (χ3n) is 2.08. The lowest BCUT2D eigenvalue weighted by Gasteiger charge is -1.96. The molecule has 0 amide bonds. The number of carbonyl (C=O) groups is 2. The zero-order chi connectivity index (χ0) is 11.0. The minimum absolute atomic E-state index is 0.204. The Bertz CT molecular complexity index is 560. The van der Waals surface area contributed by atoms with E-state index in [4.69, 9.17) is 23.2 Å². The van der Waals surface area contributed by atoms with Gasteiger partial charge in [0.2, 0.25) is 5.78 Å². The van der Waals surface area contributed by atoms with E-state index >= 15 is 0 Å². The molecule has 0 unspecified atom stereocenters. The van der Waals surface area contributed by atoms with Gasteiger partial charge in [-0.1, -0.05) is 17.7 Å². The smallest absolute Gasteiger partial charge is 0.293 e. The number of carbonyl (C=O) groups excluding carboxylic acids is 2. The van der Waals surface area contributed by atoms with Crippen LogP contribution in [0, 0.1) is 0 Å². The Hall–Kier alpha value is -1.32. The molecule has 1 heterocycles. The summed E-state index contributed by atoms with van der Waals surface area (Å²) in [6, 6.07) is 5.15. The van der Waals surface area contributed by atoms with Gasteiger partial charge in [-0.2, -0.15) is 0 Å². The Kier molecular flexibility index (Phi) is 2.50. The van der Waals surface area contributed by atoms with Crippen molar-refractivity contribution in [1.29, 1.82) is 0 Å². The van der Waals surface area contributed by atoms with Gasteiger partial charge in [0, 0.05) is 17.1 Å². The van der Waals surface area contributed by atoms with Crippen LogP contribution in [0.5, 0.6) is 0 Å². The molecular weight excluding hydrogens is 237 g/mol. The van der Waals surface area contributed by atoms with E-state index < -0.39 is 11.0 Å². The van der Waals surface area contributed by atoms with E-state index in [0.717, 1.165) is 0 Å². The van der Waals surface area contributed by atoms with Gasteiger partial charge in [-0.3, -0.25) is 9.59 Å². The molecule has 1 aromatic carbocycles. The number of ketones is 1. The molecule has 0 saturated carbocycles. The number of fused-ring (bicyclic) bond motifs is 1. The molecule has 0 atom stereocenters. The molecule has 0 fully saturated rings. The van der Waals surface area contributed by atoms with E-state index in [9.17, 15) is 9.59 Å². The number of Topliss-reactive ketones (excluding diaryl/α,β-unsaturated/α-hetero) is 1. The summed E-state index contributed by atoms with van der Waals surface area (Å²) in [6.07, 6.45) is 1.43. The van der Waals surface area contributed by atoms with Crippen LogP contribution in [0.1, 0.15) is 10.4 Å². The van der Waals surface area contributed by atoms with Crippen LogP contribution in [0.3, 0.4) is 0 Å². The monoisotopic (exact) mass is 241 g/mol. The minimum Gasteiger partial charge on any atom is -0.360 e. The zero-order valence-corrected chi connectivity index (χ0v) is 8.89. The number of aromatic nitrogens is 1. The molecule has 0 spiro atoms. The lowest BCUT2D eigenvalue weighted by Crippen LogP contribution is -2.06. The summed E-state index contributed by atoms with van der Waals surface area (Å²) in [5, 5.41) is -0.0796. The highest BCUT2D eigenvalue weighted by molar-refractivity contribution is 6.83. The zero-order valence-electron chi connectivity index (χ0n) is 7.38. The molecule has 15 heavy (non-hydrogen) atoms. The largest absolute Gasteiger partial charge is 0.360 e. The van der Waals surface area contributed by atoms with Gasteiger partial charge < -0.3 is 4.98 Å². The lowest BCUT2D eigenvalue weighted by atomic mass is 10.1. The number of hydrogen-bond acceptors (Lipinski definition) is 2. The summed E-state index contributed by atoms with van der Waals surface area (Å²) in [6.45, 7) is 0. The molecule has 5 heteroatoms. The SMILES string of the molecule is O=C(Cl)C(=O)c1c[nH]c2cccc(Cl)c12. The third kappa shape index (κ3) is 1.64. The predicted molar refractivity (Wildman–Crippen MR) is 58.5 cm³/mol. The van der Waals surface area contributed by atoms with Crippen LogP contribution in [0.2, 0.25) is 5.02 Å². The Morgan fingerprint density at radius 2 is 2.00 bits per heavy atom. The molecule has 2 aromatic rings. The van der Waals surface area contributed by atoms with Gasteiger partial charge >= 0.3 is 0 Å². The first kappa shape index (κ1) is 10.2. The average molecular weight is 242 g/mol. The molecule has 0 aliphatic heterocycles. The average Bonchev–Trinajstić information content (AvgIpc) is 2.61. The fourth-order valence-electron chi connectivity index (χ4n) is 1.43. The van der Waals surface area contributed by atoms with Crippen LogP contribution in [-0.4, -0.2) is 16.0 Å². The summed E-state index contributed by atoms with van der Waals surface area (Å²) in [4.78, 5) is 25.0. The first-order valence-electron chi connectivity index (χ1n) is 4.11. The molecule has 0 aliphatic rings. The second-order valence-corrected chi connectivity index (χ2v) is 3.72. The molecule has 0 aliphatic carbocycles. The van der Waals surface area contributed by atoms with Crippen LogP contribution in [0.25, 0.3) is 10.9 Å². The molecule has 0 radical (unpaired) electrons. The summed E-state index contributed by atoms with van der Waals surface area (Å²) in [5.41, 5.74) is 0.902. The fraction of sp³-hybridized carbons (Fsp3) is 0. The number of H-pyrrole nitrogens is 1. The van der Waals surface area contributed by atoms with E-state index in [2.05, 4.69) is 4.98 Å². The standard InChI is InChI=1S/C10H5Cl2NO2/c11-6-2-1-3-7-8(6)5(4-13-7)9(14)10(12)15/h1-4,13H. The highest BCUT2D eigenvalue weighted by atomic mass is 35.5. The maximum atomic E-state index is 11.4. The first-order chi connectivity index (χ1) is 7.11. The van der Waals surface area contributed by atoms with Crippen molar-refractivity contribution in [3.63, 3.8) is 0 Å². The second-order valence-electron chi connectivity index (χ2n) is 2.97. The van der Waals surface area contributed by atoms with E-state index in [1.54, 1.807) is 18.2 Å². The van der Waals surface area contributed by atoms with Crippen molar-refractivity contribution in [2.75, 3.05) is 0 Å². The van der Waals surface area contributed by atoms with Gasteiger partial charge in [0.05, 0.1) is 10.6 Å². The molecule has 76 valence electrons. The fourth-order valence-corrected chi connectivity index (χ4v) is 1.80. The Labute approximate surface area is 95.0 Å². The summed E-state index contributed by atoms with van der Waals surface area (Å²) >= 11 is 11.1. The van der Waals surface area contributed by atoms with Crippen molar-refractivity contribution in [2.24, 2.45) is 0 Å². The number of rotatable bonds is 2. The Balaban J connectivity index is 2.73. The van der Waals surface area contributed by atoms with Crippen LogP contribution < -0.4 is 0 Å². The summed E-state index contributed by atoms with van der Waals surface area (Å²) in [5.74, 6) is -0.754. The van der Waals surface area contributed by atoms with Gasteiger partial charge in [-0.25, -0.2) is 0 Å². The highest BCUT2D eigenvalue weighted by Gasteiger charge is 2.19. The number of aromatic amines is 1. The molecule has 1 N–H and O–H groups in total. The maximum absolute atomic E-state index is 11.4. The van der Waals surface area contributed by atoms with Crippen molar-refractivity contribution >= 4 is 45.1 Å². The normalized spacial score (nSPS) is 10.5. The lowest BCUT2D eigenvalue weighted by molar-refractivity contribution is -0.108. The van der Waals surface area contributed by atoms with Crippen molar-refractivity contribution in [1.82, 2.24) is 4.98 Å². The van der Waals surface area contributed by atoms with Crippen LogP contribution in [0.15, 0.2) is 24.4 Å². The van der Waals surface area contributed by atoms with Crippen molar-refractivity contribution in [3.8, 4) is 0 Å². The van der Waals surface area contributed by atoms with E-state index in [1.807, 2.05) is 0 Å². The van der Waals surface area contributed by atoms with Crippen molar-refractivity contribution in [3.05, 3.63) is 35.0 Å². The Morgan fingerprint density at radius 1 is 1.27 bits per heavy atom. The van der Waals surface area contributed by atoms with Gasteiger partial charge in [0.25, 0.3) is 5.24 Å². The number of hydrogen-bond donors (Lipinski definition) is 1. The second kappa shape index (κ2) is 3.68. The Morgan fingerprint density at radius 3 is 2.67 bits per heavy atom. The molecular formula is C10H5Cl2NO2. The van der Waals surface area contributed by atoms with Crippen LogP contribution in [0.4, 0.5) is 0 Å². The number of halogens is 2. The van der Waals surface area contributed by atoms with Gasteiger partial charge in [-0.05, 0) is 23.7 Å². The van der Waals surface area contributed by atoms with Crippen LogP contribution in [-0.2, 0) is 4.79 Å². The van der Waals surface area contributed by atoms with Crippen LogP contribution >= 0.6 is 23.2 Å². The maximum Gasteiger partial charge on any atom is 0.293 e. The van der Waals surface area contributed by atoms with E-state index in [0.29, 0.717) is 15.9 Å². The van der Waals surface area contributed by atoms with Crippen molar-refractivity contribution < 1.29 is 9.59 Å². The molecule has 0 saturated heterocycles. The van der Waals surface area contributed by atoms with Crippen molar-refractivity contribution in [2.45, 2.75) is 0 Å². The summed E-state index contributed by atoms with van der Waals surface area (Å²) < 4.78 is 0. The molecule has 3 nitrogen and oxygen atoms in total. The predicted octanol–water partition coefficient (Wildman–Crippen LogP) is 2.77. The van der Waals surface area contributed by atoms with Gasteiger partial charge in [-0.15, -0.1) is 0 Å². The van der Waals surface area contributed by atoms with Gasteiger partial charge in [0.1, 0.15) is 0 Å².